The molecule has 2 aromatic rings. The average molecular weight is 387 g/mol. The number of amides is 1. The molecule has 1 amide bonds. The van der Waals surface area contributed by atoms with Crippen LogP contribution in [-0.2, 0) is 9.53 Å². The molecule has 1 aliphatic rings. The number of anilines is 1. The van der Waals surface area contributed by atoms with Crippen molar-refractivity contribution in [3.63, 3.8) is 0 Å². The molecule has 0 spiro atoms. The third-order valence-corrected chi connectivity index (χ3v) is 5.79. The molecule has 0 saturated carbocycles. The van der Waals surface area contributed by atoms with E-state index < -0.39 is 5.97 Å². The summed E-state index contributed by atoms with van der Waals surface area (Å²) >= 11 is 1.37. The van der Waals surface area contributed by atoms with Crippen LogP contribution in [0.15, 0.2) is 35.7 Å². The molecule has 0 aliphatic carbocycles. The van der Waals surface area contributed by atoms with Crippen molar-refractivity contribution in [2.24, 2.45) is 0 Å². The minimum Gasteiger partial charge on any atom is -0.462 e. The van der Waals surface area contributed by atoms with Crippen molar-refractivity contribution >= 4 is 28.2 Å². The number of piperidine rings is 1. The molecule has 1 atom stereocenters. The van der Waals surface area contributed by atoms with Crippen molar-refractivity contribution < 1.29 is 14.3 Å². The number of hydrogen-bond acceptors (Lipinski definition) is 5. The molecule has 2 heterocycles. The molecule has 5 nitrogen and oxygen atoms in total. The van der Waals surface area contributed by atoms with Crippen LogP contribution in [0.5, 0.6) is 0 Å². The van der Waals surface area contributed by atoms with Gasteiger partial charge < -0.3 is 10.1 Å². The van der Waals surface area contributed by atoms with Gasteiger partial charge in [-0.2, -0.15) is 0 Å². The van der Waals surface area contributed by atoms with Gasteiger partial charge in [-0.1, -0.05) is 36.8 Å². The second-order valence-electron chi connectivity index (χ2n) is 6.80. The van der Waals surface area contributed by atoms with Crippen LogP contribution in [-0.4, -0.2) is 42.5 Å². The summed E-state index contributed by atoms with van der Waals surface area (Å²) in [7, 11) is 0. The first-order valence-electron chi connectivity index (χ1n) is 9.48. The topological polar surface area (TPSA) is 58.6 Å². The van der Waals surface area contributed by atoms with Crippen molar-refractivity contribution in [3.05, 3.63) is 41.3 Å². The largest absolute Gasteiger partial charge is 0.462 e. The van der Waals surface area contributed by atoms with E-state index in [4.69, 9.17) is 4.74 Å². The third-order valence-electron chi connectivity index (χ3n) is 4.90. The van der Waals surface area contributed by atoms with Crippen LogP contribution in [0.3, 0.4) is 0 Å². The Balaban J connectivity index is 1.81. The lowest BCUT2D eigenvalue weighted by Crippen LogP contribution is -2.42. The van der Waals surface area contributed by atoms with E-state index in [9.17, 15) is 9.59 Å². The maximum absolute atomic E-state index is 12.6. The van der Waals surface area contributed by atoms with E-state index in [0.717, 1.165) is 30.5 Å². The van der Waals surface area contributed by atoms with Crippen LogP contribution in [0.1, 0.15) is 43.5 Å². The Kier molecular flexibility index (Phi) is 6.63. The average Bonchev–Trinajstić information content (AvgIpc) is 3.08. The molecule has 1 aromatic heterocycles. The molecule has 6 heteroatoms. The molecule has 27 heavy (non-hydrogen) atoms. The standard InChI is InChI=1S/C21H26N2O3S/c1-3-26-21(25)19-17(16-10-5-4-6-11-16)14-27-20(19)22-18(24)13-23-12-8-7-9-15(23)2/h4-6,10-11,14-15H,3,7-9,12-13H2,1-2H3,(H,22,24). The van der Waals surface area contributed by atoms with E-state index in [0.29, 0.717) is 29.8 Å². The van der Waals surface area contributed by atoms with Crippen molar-refractivity contribution in [2.75, 3.05) is 25.0 Å². The molecule has 3 rings (SSSR count). The Morgan fingerprint density at radius 2 is 2.04 bits per heavy atom. The fourth-order valence-corrected chi connectivity index (χ4v) is 4.40. The molecule has 0 radical (unpaired) electrons. The Morgan fingerprint density at radius 1 is 1.26 bits per heavy atom. The van der Waals surface area contributed by atoms with Crippen molar-refractivity contribution in [2.45, 2.75) is 39.2 Å². The van der Waals surface area contributed by atoms with Crippen molar-refractivity contribution in [3.8, 4) is 11.1 Å². The number of esters is 1. The third kappa shape index (κ3) is 4.76. The zero-order valence-electron chi connectivity index (χ0n) is 15.9. The summed E-state index contributed by atoms with van der Waals surface area (Å²) in [5, 5.41) is 5.41. The first-order chi connectivity index (χ1) is 13.1. The van der Waals surface area contributed by atoms with Crippen LogP contribution in [0.2, 0.25) is 0 Å². The minimum absolute atomic E-state index is 0.0873. The van der Waals surface area contributed by atoms with Crippen LogP contribution in [0.4, 0.5) is 5.00 Å². The van der Waals surface area contributed by atoms with Crippen LogP contribution in [0.25, 0.3) is 11.1 Å². The molecule has 0 bridgehead atoms. The highest BCUT2D eigenvalue weighted by molar-refractivity contribution is 7.15. The summed E-state index contributed by atoms with van der Waals surface area (Å²) in [6.07, 6.45) is 3.47. The maximum Gasteiger partial charge on any atom is 0.341 e. The number of carbonyl (C=O) groups is 2. The van der Waals surface area contributed by atoms with Gasteiger partial charge in [0.1, 0.15) is 10.6 Å². The Morgan fingerprint density at radius 3 is 2.74 bits per heavy atom. The Hall–Kier alpha value is -2.18. The summed E-state index contributed by atoms with van der Waals surface area (Å²) in [5.74, 6) is -0.491. The molecule has 144 valence electrons. The van der Waals surface area contributed by atoms with Crippen LogP contribution in [0, 0.1) is 0 Å². The summed E-state index contributed by atoms with van der Waals surface area (Å²) < 4.78 is 5.24. The van der Waals surface area contributed by atoms with E-state index >= 15 is 0 Å². The van der Waals surface area contributed by atoms with Gasteiger partial charge in [-0.15, -0.1) is 11.3 Å². The fourth-order valence-electron chi connectivity index (χ4n) is 3.43. The van der Waals surface area contributed by atoms with Gasteiger partial charge in [-0.25, -0.2) is 4.79 Å². The molecule has 1 fully saturated rings. The van der Waals surface area contributed by atoms with Gasteiger partial charge in [-0.3, -0.25) is 9.69 Å². The zero-order chi connectivity index (χ0) is 19.2. The summed E-state index contributed by atoms with van der Waals surface area (Å²) in [4.78, 5) is 27.4. The molecule has 1 saturated heterocycles. The predicted molar refractivity (Wildman–Crippen MR) is 109 cm³/mol. The Bertz CT molecular complexity index is 788. The normalized spacial score (nSPS) is 17.5. The predicted octanol–water partition coefficient (Wildman–Crippen LogP) is 4.40. The second-order valence-corrected chi connectivity index (χ2v) is 7.68. The van der Waals surface area contributed by atoms with Gasteiger partial charge in [0.15, 0.2) is 0 Å². The van der Waals surface area contributed by atoms with Gasteiger partial charge in [0.25, 0.3) is 0 Å². The number of rotatable bonds is 6. The highest BCUT2D eigenvalue weighted by atomic mass is 32.1. The molecule has 1 aromatic carbocycles. The van der Waals surface area contributed by atoms with Gasteiger partial charge in [0.05, 0.1) is 13.2 Å². The molecular weight excluding hydrogens is 360 g/mol. The number of ether oxygens (including phenoxy) is 1. The maximum atomic E-state index is 12.6. The second kappa shape index (κ2) is 9.15. The number of nitrogens with zero attached hydrogens (tertiary/aromatic N) is 1. The van der Waals surface area contributed by atoms with E-state index in [1.54, 1.807) is 6.92 Å². The molecule has 1 unspecified atom stereocenters. The zero-order valence-corrected chi connectivity index (χ0v) is 16.7. The Labute approximate surface area is 164 Å². The van der Waals surface area contributed by atoms with Crippen LogP contribution < -0.4 is 5.32 Å². The van der Waals surface area contributed by atoms with Crippen molar-refractivity contribution in [1.29, 1.82) is 0 Å². The monoisotopic (exact) mass is 386 g/mol. The molecule has 1 aliphatic heterocycles. The van der Waals surface area contributed by atoms with Gasteiger partial charge in [-0.05, 0) is 38.8 Å². The highest BCUT2D eigenvalue weighted by Crippen LogP contribution is 2.36. The number of carbonyl (C=O) groups excluding carboxylic acids is 2. The lowest BCUT2D eigenvalue weighted by molar-refractivity contribution is -0.118. The molecule has 1 N–H and O–H groups in total. The van der Waals surface area contributed by atoms with E-state index in [-0.39, 0.29) is 5.91 Å². The lowest BCUT2D eigenvalue weighted by Gasteiger charge is -2.32. The number of likely N-dealkylation sites (tertiary alicyclic amines) is 1. The summed E-state index contributed by atoms with van der Waals surface area (Å²) in [6.45, 7) is 5.53. The van der Waals surface area contributed by atoms with Crippen LogP contribution >= 0.6 is 11.3 Å². The molecular formula is C21H26N2O3S. The van der Waals surface area contributed by atoms with E-state index in [2.05, 4.69) is 17.1 Å². The summed E-state index contributed by atoms with van der Waals surface area (Å²) in [5.41, 5.74) is 2.16. The lowest BCUT2D eigenvalue weighted by atomic mass is 10.0. The van der Waals surface area contributed by atoms with Crippen molar-refractivity contribution in [1.82, 2.24) is 4.90 Å². The first kappa shape index (κ1) is 19.6. The number of hydrogen-bond donors (Lipinski definition) is 1. The smallest absolute Gasteiger partial charge is 0.341 e. The number of benzene rings is 1. The number of nitrogens with one attached hydrogen (secondary N) is 1. The summed E-state index contributed by atoms with van der Waals surface area (Å²) in [6, 6.07) is 10.1. The quantitative estimate of drug-likeness (QED) is 0.748. The SMILES string of the molecule is CCOC(=O)c1c(-c2ccccc2)csc1NC(=O)CN1CCCCC1C. The van der Waals surface area contributed by atoms with Gasteiger partial charge in [0.2, 0.25) is 5.91 Å². The van der Waals surface area contributed by atoms with E-state index in [1.807, 2.05) is 35.7 Å². The minimum atomic E-state index is -0.403. The number of thiophene rings is 1. The fraction of sp³-hybridized carbons (Fsp3) is 0.429. The van der Waals surface area contributed by atoms with Gasteiger partial charge >= 0.3 is 5.97 Å². The van der Waals surface area contributed by atoms with Gasteiger partial charge in [0, 0.05) is 17.0 Å². The highest BCUT2D eigenvalue weighted by Gasteiger charge is 2.25. The first-order valence-corrected chi connectivity index (χ1v) is 10.4. The van der Waals surface area contributed by atoms with E-state index in [1.165, 1.54) is 17.8 Å².